The molecule has 7 heteroatoms. The average Bonchev–Trinajstić information content (AvgIpc) is 2.64. The van der Waals surface area contributed by atoms with E-state index in [1.165, 1.54) is 11.4 Å². The van der Waals surface area contributed by atoms with E-state index in [1.54, 1.807) is 6.92 Å². The fourth-order valence-corrected chi connectivity index (χ4v) is 1.73. The van der Waals surface area contributed by atoms with Crippen molar-refractivity contribution in [1.29, 1.82) is 0 Å². The number of amides is 1. The number of thiophene rings is 1. The van der Waals surface area contributed by atoms with Gasteiger partial charge in [0.15, 0.2) is 0 Å². The molecule has 0 unspecified atom stereocenters. The lowest BCUT2D eigenvalue weighted by Crippen LogP contribution is -2.37. The number of carbonyl (C=O) groups is 1. The second kappa shape index (κ2) is 5.76. The Morgan fingerprint density at radius 1 is 1.69 bits per heavy atom. The highest BCUT2D eigenvalue weighted by Crippen LogP contribution is 2.26. The van der Waals surface area contributed by atoms with E-state index in [-0.39, 0.29) is 23.2 Å². The Labute approximate surface area is 95.4 Å². The van der Waals surface area contributed by atoms with Gasteiger partial charge in [0.25, 0.3) is 5.91 Å². The molecular weight excluding hydrogens is 238 g/mol. The molecule has 0 bridgehead atoms. The molecule has 4 nitrogen and oxygen atoms in total. The summed E-state index contributed by atoms with van der Waals surface area (Å²) in [6.45, 7) is -0.936. The van der Waals surface area contributed by atoms with Crippen molar-refractivity contribution < 1.29 is 18.3 Å². The molecule has 0 saturated heterocycles. The molecule has 1 rings (SSSR count). The van der Waals surface area contributed by atoms with Crippen molar-refractivity contribution in [3.63, 3.8) is 0 Å². The Hall–Kier alpha value is -1.21. The maximum atomic E-state index is 12.0. The van der Waals surface area contributed by atoms with Crippen molar-refractivity contribution >= 4 is 17.2 Å². The highest BCUT2D eigenvalue weighted by molar-refractivity contribution is 7.12. The summed E-state index contributed by atoms with van der Waals surface area (Å²) in [5, 5.41) is 4.08. The second-order valence-electron chi connectivity index (χ2n) is 3.10. The normalized spacial score (nSPS) is 12.6. The van der Waals surface area contributed by atoms with E-state index in [4.69, 9.17) is 5.73 Å². The SMILES string of the molecule is C[C@@H](CN)NC(=O)c1sccc1OC(F)F. The summed E-state index contributed by atoms with van der Waals surface area (Å²) < 4.78 is 28.2. The first-order valence-electron chi connectivity index (χ1n) is 4.57. The first-order valence-corrected chi connectivity index (χ1v) is 5.45. The summed E-state index contributed by atoms with van der Waals surface area (Å²) in [6.07, 6.45) is 0. The van der Waals surface area contributed by atoms with Crippen LogP contribution in [0.15, 0.2) is 11.4 Å². The van der Waals surface area contributed by atoms with Gasteiger partial charge in [0.1, 0.15) is 10.6 Å². The third-order valence-electron chi connectivity index (χ3n) is 1.78. The summed E-state index contributed by atoms with van der Waals surface area (Å²) >= 11 is 1.04. The summed E-state index contributed by atoms with van der Waals surface area (Å²) in [4.78, 5) is 11.7. The molecule has 16 heavy (non-hydrogen) atoms. The summed E-state index contributed by atoms with van der Waals surface area (Å²) in [7, 11) is 0. The minimum Gasteiger partial charge on any atom is -0.433 e. The van der Waals surface area contributed by atoms with Gasteiger partial charge in [-0.2, -0.15) is 8.78 Å². The zero-order chi connectivity index (χ0) is 12.1. The molecule has 0 spiro atoms. The Morgan fingerprint density at radius 2 is 2.38 bits per heavy atom. The predicted molar refractivity (Wildman–Crippen MR) is 56.9 cm³/mol. The molecule has 1 atom stereocenters. The van der Waals surface area contributed by atoms with Crippen molar-refractivity contribution in [3.05, 3.63) is 16.3 Å². The van der Waals surface area contributed by atoms with Crippen molar-refractivity contribution in [2.24, 2.45) is 5.73 Å². The van der Waals surface area contributed by atoms with E-state index >= 15 is 0 Å². The number of alkyl halides is 2. The number of halogens is 2. The zero-order valence-electron chi connectivity index (χ0n) is 8.57. The number of nitrogens with one attached hydrogen (secondary N) is 1. The van der Waals surface area contributed by atoms with Crippen LogP contribution in [0.5, 0.6) is 5.75 Å². The van der Waals surface area contributed by atoms with Crippen LogP contribution in [-0.4, -0.2) is 25.1 Å². The molecule has 0 aliphatic heterocycles. The fraction of sp³-hybridized carbons (Fsp3) is 0.444. The zero-order valence-corrected chi connectivity index (χ0v) is 9.39. The topological polar surface area (TPSA) is 64.3 Å². The quantitative estimate of drug-likeness (QED) is 0.830. The van der Waals surface area contributed by atoms with Gasteiger partial charge in [-0.25, -0.2) is 0 Å². The minimum absolute atomic E-state index is 0.110. The third-order valence-corrected chi connectivity index (χ3v) is 2.68. The monoisotopic (exact) mass is 250 g/mol. The molecule has 1 heterocycles. The first-order chi connectivity index (χ1) is 7.54. The van der Waals surface area contributed by atoms with Crippen LogP contribution >= 0.6 is 11.3 Å². The summed E-state index contributed by atoms with van der Waals surface area (Å²) in [6, 6.07) is 1.12. The fourth-order valence-electron chi connectivity index (χ4n) is 1.00. The van der Waals surface area contributed by atoms with Gasteiger partial charge in [0.05, 0.1) is 0 Å². The number of ether oxygens (including phenoxy) is 1. The molecule has 0 fully saturated rings. The minimum atomic E-state index is -2.94. The van der Waals surface area contributed by atoms with Gasteiger partial charge in [-0.05, 0) is 18.4 Å². The van der Waals surface area contributed by atoms with Crippen LogP contribution in [0.3, 0.4) is 0 Å². The van der Waals surface area contributed by atoms with Gasteiger partial charge < -0.3 is 15.8 Å². The first kappa shape index (κ1) is 12.9. The summed E-state index contributed by atoms with van der Waals surface area (Å²) in [5.41, 5.74) is 5.33. The molecule has 0 saturated carbocycles. The molecular formula is C9H12F2N2O2S. The van der Waals surface area contributed by atoms with E-state index in [1.807, 2.05) is 0 Å². The molecule has 3 N–H and O–H groups in total. The van der Waals surface area contributed by atoms with Gasteiger partial charge in [0.2, 0.25) is 0 Å². The molecule has 0 aromatic carbocycles. The van der Waals surface area contributed by atoms with Crippen molar-refractivity contribution in [2.75, 3.05) is 6.54 Å². The maximum Gasteiger partial charge on any atom is 0.387 e. The van der Waals surface area contributed by atoms with Crippen LogP contribution < -0.4 is 15.8 Å². The van der Waals surface area contributed by atoms with E-state index in [2.05, 4.69) is 10.1 Å². The van der Waals surface area contributed by atoms with Crippen LogP contribution in [0.25, 0.3) is 0 Å². The van der Waals surface area contributed by atoms with Gasteiger partial charge in [-0.3, -0.25) is 4.79 Å². The number of carbonyl (C=O) groups excluding carboxylic acids is 1. The molecule has 0 aliphatic rings. The van der Waals surface area contributed by atoms with Gasteiger partial charge in [0, 0.05) is 12.6 Å². The highest BCUT2D eigenvalue weighted by Gasteiger charge is 2.18. The lowest BCUT2D eigenvalue weighted by molar-refractivity contribution is -0.0498. The Balaban J connectivity index is 2.71. The smallest absolute Gasteiger partial charge is 0.387 e. The molecule has 90 valence electrons. The standard InChI is InChI=1S/C9H12F2N2O2S/c1-5(4-12)13-8(14)7-6(2-3-16-7)15-9(10)11/h2-3,5,9H,4,12H2,1H3,(H,13,14)/t5-/m0/s1. The van der Waals surface area contributed by atoms with Crippen molar-refractivity contribution in [2.45, 2.75) is 19.6 Å². The molecule has 1 amide bonds. The van der Waals surface area contributed by atoms with Crippen LogP contribution in [0.2, 0.25) is 0 Å². The Morgan fingerprint density at radius 3 is 2.94 bits per heavy atom. The number of nitrogens with two attached hydrogens (primary N) is 1. The number of hydrogen-bond acceptors (Lipinski definition) is 4. The molecule has 1 aromatic rings. The van der Waals surface area contributed by atoms with Gasteiger partial charge >= 0.3 is 6.61 Å². The Bertz CT molecular complexity index is 357. The van der Waals surface area contributed by atoms with E-state index in [9.17, 15) is 13.6 Å². The van der Waals surface area contributed by atoms with Crippen molar-refractivity contribution in [1.82, 2.24) is 5.32 Å². The predicted octanol–water partition coefficient (Wildman–Crippen LogP) is 1.43. The third kappa shape index (κ3) is 3.42. The number of hydrogen-bond donors (Lipinski definition) is 2. The highest BCUT2D eigenvalue weighted by atomic mass is 32.1. The van der Waals surface area contributed by atoms with E-state index in [0.29, 0.717) is 0 Å². The second-order valence-corrected chi connectivity index (χ2v) is 4.02. The average molecular weight is 250 g/mol. The van der Waals surface area contributed by atoms with E-state index < -0.39 is 12.5 Å². The lowest BCUT2D eigenvalue weighted by atomic mass is 10.3. The van der Waals surface area contributed by atoms with Crippen LogP contribution in [0.1, 0.15) is 16.6 Å². The molecule has 1 aromatic heterocycles. The van der Waals surface area contributed by atoms with Gasteiger partial charge in [-0.1, -0.05) is 0 Å². The van der Waals surface area contributed by atoms with Gasteiger partial charge in [-0.15, -0.1) is 11.3 Å². The van der Waals surface area contributed by atoms with E-state index in [0.717, 1.165) is 11.3 Å². The van der Waals surface area contributed by atoms with Crippen LogP contribution in [0.4, 0.5) is 8.78 Å². The summed E-state index contributed by atoms with van der Waals surface area (Å²) in [5.74, 6) is -0.565. The molecule has 0 radical (unpaired) electrons. The Kier molecular flexibility index (Phi) is 4.63. The van der Waals surface area contributed by atoms with Crippen LogP contribution in [0, 0.1) is 0 Å². The maximum absolute atomic E-state index is 12.0. The lowest BCUT2D eigenvalue weighted by Gasteiger charge is -2.11. The van der Waals surface area contributed by atoms with Crippen LogP contribution in [-0.2, 0) is 0 Å². The molecule has 0 aliphatic carbocycles. The number of rotatable bonds is 5. The largest absolute Gasteiger partial charge is 0.433 e. The van der Waals surface area contributed by atoms with Crippen molar-refractivity contribution in [3.8, 4) is 5.75 Å².